The Labute approximate surface area is 127 Å². The fraction of sp³-hybridized carbons (Fsp3) is 0.938. The molecule has 0 aromatic rings. The molecule has 120 valence electrons. The number of alkyl carbamates (subject to hydrolysis) is 1. The quantitative estimate of drug-likeness (QED) is 0.834. The second kappa shape index (κ2) is 5.43. The minimum Gasteiger partial charge on any atom is -0.444 e. The van der Waals surface area contributed by atoms with E-state index in [2.05, 4.69) is 22.6 Å². The SMILES string of the molecule is CN1C2CCC1CC(NC1CC1NC(=O)OC(C)(C)C)C2. The Morgan fingerprint density at radius 1 is 1.10 bits per heavy atom. The van der Waals surface area contributed by atoms with Gasteiger partial charge < -0.3 is 20.3 Å². The standard InChI is InChI=1S/C16H29N3O2/c1-16(2,3)21-15(20)18-14-9-13(14)17-10-7-11-5-6-12(8-10)19(11)4/h10-14,17H,5-9H2,1-4H3,(H,18,20). The number of hydrogen-bond acceptors (Lipinski definition) is 4. The second-order valence-corrected chi connectivity index (χ2v) is 7.98. The number of piperidine rings is 1. The minimum atomic E-state index is -0.422. The molecule has 3 fully saturated rings. The van der Waals surface area contributed by atoms with Gasteiger partial charge in [0.25, 0.3) is 0 Å². The third-order valence-corrected chi connectivity index (χ3v) is 5.04. The highest BCUT2D eigenvalue weighted by molar-refractivity contribution is 5.68. The highest BCUT2D eigenvalue weighted by Crippen LogP contribution is 2.35. The summed E-state index contributed by atoms with van der Waals surface area (Å²) in [5.41, 5.74) is -0.422. The molecule has 4 atom stereocenters. The lowest BCUT2D eigenvalue weighted by molar-refractivity contribution is 0.0521. The summed E-state index contributed by atoms with van der Waals surface area (Å²) in [6.45, 7) is 5.68. The number of carbonyl (C=O) groups is 1. The first-order chi connectivity index (χ1) is 9.82. The maximum atomic E-state index is 11.7. The summed E-state index contributed by atoms with van der Waals surface area (Å²) in [5.74, 6) is 0. The van der Waals surface area contributed by atoms with E-state index in [1.54, 1.807) is 0 Å². The number of carbonyl (C=O) groups excluding carboxylic acids is 1. The summed E-state index contributed by atoms with van der Waals surface area (Å²) in [5, 5.41) is 6.70. The van der Waals surface area contributed by atoms with Gasteiger partial charge in [0, 0.05) is 30.2 Å². The molecule has 3 aliphatic rings. The molecule has 2 aliphatic heterocycles. The molecule has 1 amide bonds. The van der Waals surface area contributed by atoms with Crippen LogP contribution in [0.4, 0.5) is 4.79 Å². The molecule has 2 saturated heterocycles. The highest BCUT2D eigenvalue weighted by Gasteiger charge is 2.44. The van der Waals surface area contributed by atoms with Crippen molar-refractivity contribution in [2.45, 2.75) is 88.7 Å². The molecule has 4 unspecified atom stereocenters. The van der Waals surface area contributed by atoms with E-state index in [0.717, 1.165) is 18.5 Å². The van der Waals surface area contributed by atoms with Gasteiger partial charge in [-0.3, -0.25) is 0 Å². The van der Waals surface area contributed by atoms with Crippen molar-refractivity contribution in [2.75, 3.05) is 7.05 Å². The molecule has 0 aromatic heterocycles. The summed E-state index contributed by atoms with van der Waals surface area (Å²) < 4.78 is 5.30. The van der Waals surface area contributed by atoms with Crippen molar-refractivity contribution in [2.24, 2.45) is 0 Å². The zero-order chi connectivity index (χ0) is 15.2. The van der Waals surface area contributed by atoms with Gasteiger partial charge in [0.2, 0.25) is 0 Å². The van der Waals surface area contributed by atoms with Crippen molar-refractivity contribution in [3.05, 3.63) is 0 Å². The zero-order valence-corrected chi connectivity index (χ0v) is 13.7. The summed E-state index contributed by atoms with van der Waals surface area (Å²) in [6.07, 6.45) is 5.94. The van der Waals surface area contributed by atoms with E-state index < -0.39 is 5.60 Å². The predicted molar refractivity (Wildman–Crippen MR) is 82.3 cm³/mol. The topological polar surface area (TPSA) is 53.6 Å². The van der Waals surface area contributed by atoms with Crippen LogP contribution < -0.4 is 10.6 Å². The van der Waals surface area contributed by atoms with Crippen LogP contribution in [0.1, 0.15) is 52.9 Å². The molecular weight excluding hydrogens is 266 g/mol. The van der Waals surface area contributed by atoms with Gasteiger partial charge >= 0.3 is 6.09 Å². The first-order valence-corrected chi connectivity index (χ1v) is 8.29. The summed E-state index contributed by atoms with van der Waals surface area (Å²) in [4.78, 5) is 14.3. The third-order valence-electron chi connectivity index (χ3n) is 5.04. The molecule has 3 rings (SSSR count). The molecule has 1 saturated carbocycles. The van der Waals surface area contributed by atoms with Crippen LogP contribution in [-0.2, 0) is 4.74 Å². The molecule has 0 spiro atoms. The molecule has 5 nitrogen and oxygen atoms in total. The van der Waals surface area contributed by atoms with Gasteiger partial charge in [-0.05, 0) is 59.9 Å². The average Bonchev–Trinajstić information content (AvgIpc) is 3.02. The predicted octanol–water partition coefficient (Wildman–Crippen LogP) is 1.87. The van der Waals surface area contributed by atoms with Gasteiger partial charge in [0.1, 0.15) is 5.60 Å². The number of ether oxygens (including phenoxy) is 1. The Morgan fingerprint density at radius 3 is 2.29 bits per heavy atom. The zero-order valence-electron chi connectivity index (χ0n) is 13.7. The largest absolute Gasteiger partial charge is 0.444 e. The number of hydrogen-bond donors (Lipinski definition) is 2. The Hall–Kier alpha value is -0.810. The Kier molecular flexibility index (Phi) is 3.91. The van der Waals surface area contributed by atoms with E-state index >= 15 is 0 Å². The Bertz CT molecular complexity index is 393. The number of amides is 1. The molecule has 0 aromatic carbocycles. The summed E-state index contributed by atoms with van der Waals surface area (Å²) >= 11 is 0. The first-order valence-electron chi connectivity index (χ1n) is 8.29. The van der Waals surface area contributed by atoms with E-state index in [0.29, 0.717) is 12.1 Å². The van der Waals surface area contributed by atoms with Gasteiger partial charge in [0.05, 0.1) is 0 Å². The molecule has 5 heteroatoms. The van der Waals surface area contributed by atoms with Crippen LogP contribution in [0.25, 0.3) is 0 Å². The Balaban J connectivity index is 1.40. The lowest BCUT2D eigenvalue weighted by atomic mass is 9.98. The fourth-order valence-electron chi connectivity index (χ4n) is 3.85. The van der Waals surface area contributed by atoms with Crippen LogP contribution in [0.5, 0.6) is 0 Å². The van der Waals surface area contributed by atoms with E-state index in [9.17, 15) is 4.79 Å². The van der Waals surface area contributed by atoms with Gasteiger partial charge in [-0.2, -0.15) is 0 Å². The number of fused-ring (bicyclic) bond motifs is 2. The van der Waals surface area contributed by atoms with Crippen molar-refractivity contribution >= 4 is 6.09 Å². The van der Waals surface area contributed by atoms with Crippen LogP contribution >= 0.6 is 0 Å². The summed E-state index contributed by atoms with van der Waals surface area (Å²) in [7, 11) is 2.27. The minimum absolute atomic E-state index is 0.247. The van der Waals surface area contributed by atoms with E-state index in [1.165, 1.54) is 25.7 Å². The van der Waals surface area contributed by atoms with Gasteiger partial charge in [0.15, 0.2) is 0 Å². The lowest BCUT2D eigenvalue weighted by Gasteiger charge is -2.36. The number of nitrogens with one attached hydrogen (secondary N) is 2. The van der Waals surface area contributed by atoms with Gasteiger partial charge in [-0.25, -0.2) is 4.79 Å². The Morgan fingerprint density at radius 2 is 1.71 bits per heavy atom. The van der Waals surface area contributed by atoms with E-state index in [4.69, 9.17) is 4.74 Å². The average molecular weight is 295 g/mol. The van der Waals surface area contributed by atoms with Crippen molar-refractivity contribution in [1.82, 2.24) is 15.5 Å². The third kappa shape index (κ3) is 3.69. The fourth-order valence-corrected chi connectivity index (χ4v) is 3.85. The van der Waals surface area contributed by atoms with Crippen molar-refractivity contribution in [3.8, 4) is 0 Å². The molecule has 0 radical (unpaired) electrons. The van der Waals surface area contributed by atoms with Crippen molar-refractivity contribution < 1.29 is 9.53 Å². The van der Waals surface area contributed by atoms with Gasteiger partial charge in [-0.15, -0.1) is 0 Å². The van der Waals surface area contributed by atoms with Crippen molar-refractivity contribution in [1.29, 1.82) is 0 Å². The first kappa shape index (κ1) is 15.1. The van der Waals surface area contributed by atoms with Crippen LogP contribution in [0.2, 0.25) is 0 Å². The molecule has 2 N–H and O–H groups in total. The van der Waals surface area contributed by atoms with E-state index in [1.807, 2.05) is 20.8 Å². The summed E-state index contributed by atoms with van der Waals surface area (Å²) in [6, 6.07) is 2.83. The monoisotopic (exact) mass is 295 g/mol. The lowest BCUT2D eigenvalue weighted by Crippen LogP contribution is -2.48. The molecular formula is C16H29N3O2. The molecule has 2 bridgehead atoms. The van der Waals surface area contributed by atoms with Gasteiger partial charge in [-0.1, -0.05) is 0 Å². The van der Waals surface area contributed by atoms with Crippen LogP contribution in [0, 0.1) is 0 Å². The maximum absolute atomic E-state index is 11.7. The maximum Gasteiger partial charge on any atom is 0.407 e. The van der Waals surface area contributed by atoms with Crippen LogP contribution in [-0.4, -0.2) is 53.9 Å². The number of rotatable bonds is 3. The highest BCUT2D eigenvalue weighted by atomic mass is 16.6. The normalized spacial score (nSPS) is 39.1. The molecule has 1 aliphatic carbocycles. The van der Waals surface area contributed by atoms with E-state index in [-0.39, 0.29) is 12.1 Å². The molecule has 2 heterocycles. The number of nitrogens with zero attached hydrogens (tertiary/aromatic N) is 1. The van der Waals surface area contributed by atoms with Crippen molar-refractivity contribution in [3.63, 3.8) is 0 Å². The smallest absolute Gasteiger partial charge is 0.407 e. The second-order valence-electron chi connectivity index (χ2n) is 7.98. The molecule has 21 heavy (non-hydrogen) atoms. The van der Waals surface area contributed by atoms with Crippen LogP contribution in [0.3, 0.4) is 0 Å². The van der Waals surface area contributed by atoms with Crippen LogP contribution in [0.15, 0.2) is 0 Å².